The van der Waals surface area contributed by atoms with Crippen molar-refractivity contribution in [3.8, 4) is 28.4 Å². The van der Waals surface area contributed by atoms with Crippen LogP contribution in [-0.2, 0) is 0 Å². The number of fused-ring (bicyclic) bond motifs is 3. The number of ether oxygens (including phenoxy) is 2. The fourth-order valence-electron chi connectivity index (χ4n) is 3.25. The second-order valence-electron chi connectivity index (χ2n) is 6.05. The van der Waals surface area contributed by atoms with Crippen molar-refractivity contribution >= 4 is 11.9 Å². The van der Waals surface area contributed by atoms with Gasteiger partial charge in [-0.3, -0.25) is 0 Å². The molecule has 4 rings (SSSR count). The maximum atomic E-state index is 10.2. The zero-order chi connectivity index (χ0) is 18.8. The first-order valence-electron chi connectivity index (χ1n) is 8.48. The Morgan fingerprint density at radius 1 is 0.815 bits per heavy atom. The van der Waals surface area contributed by atoms with Crippen LogP contribution in [0.1, 0.15) is 16.7 Å². The lowest BCUT2D eigenvalue weighted by molar-refractivity contribution is 0.384. The van der Waals surface area contributed by atoms with Gasteiger partial charge in [0, 0.05) is 23.3 Å². The molecular weight excluding hydrogens is 340 g/mol. The zero-order valence-electron chi connectivity index (χ0n) is 15.0. The molecule has 27 heavy (non-hydrogen) atoms. The van der Waals surface area contributed by atoms with Crippen molar-refractivity contribution in [3.63, 3.8) is 0 Å². The summed E-state index contributed by atoms with van der Waals surface area (Å²) in [6, 6.07) is 19.4. The van der Waals surface area contributed by atoms with Crippen LogP contribution < -0.4 is 9.47 Å². The number of methoxy groups -OCH3 is 2. The summed E-state index contributed by atoms with van der Waals surface area (Å²) < 4.78 is 10.5. The molecule has 3 aromatic rings. The molecule has 0 atom stereocenters. The Bertz CT molecular complexity index is 1020. The lowest BCUT2D eigenvalue weighted by Crippen LogP contribution is -1.97. The van der Waals surface area contributed by atoms with Crippen LogP contribution in [0, 0.1) is 0 Å². The largest absolute Gasteiger partial charge is 0.507 e. The second-order valence-corrected chi connectivity index (χ2v) is 6.05. The van der Waals surface area contributed by atoms with E-state index in [1.807, 2.05) is 36.4 Å². The molecule has 1 aliphatic rings. The summed E-state index contributed by atoms with van der Waals surface area (Å²) in [7, 11) is 3.06. The summed E-state index contributed by atoms with van der Waals surface area (Å²) in [5.41, 5.74) is 5.63. The molecule has 0 amide bonds. The molecule has 0 unspecified atom stereocenters. The number of rotatable bonds is 4. The minimum absolute atomic E-state index is 0.0161. The minimum atomic E-state index is 0.0161. The molecule has 0 bridgehead atoms. The van der Waals surface area contributed by atoms with E-state index in [4.69, 9.17) is 9.47 Å². The number of nitrogens with zero attached hydrogens (tertiary/aromatic N) is 2. The number of benzene rings is 3. The molecule has 0 spiro atoms. The maximum Gasteiger partial charge on any atom is 0.135 e. The van der Waals surface area contributed by atoms with E-state index in [0.717, 1.165) is 28.0 Å². The number of hydrogen-bond acceptors (Lipinski definition) is 5. The average molecular weight is 358 g/mol. The van der Waals surface area contributed by atoms with Crippen LogP contribution in [0.2, 0.25) is 0 Å². The van der Waals surface area contributed by atoms with Gasteiger partial charge in [0.1, 0.15) is 23.0 Å². The fraction of sp³-hybridized carbons (Fsp3) is 0.0909. The van der Waals surface area contributed by atoms with Gasteiger partial charge < -0.3 is 14.6 Å². The predicted molar refractivity (Wildman–Crippen MR) is 106 cm³/mol. The Balaban J connectivity index is 1.76. The van der Waals surface area contributed by atoms with Gasteiger partial charge in [-0.05, 0) is 11.1 Å². The van der Waals surface area contributed by atoms with E-state index in [2.05, 4.69) is 22.3 Å². The lowest BCUT2D eigenvalue weighted by Gasteiger charge is -2.09. The molecule has 0 fully saturated rings. The van der Waals surface area contributed by atoms with Crippen molar-refractivity contribution < 1.29 is 14.6 Å². The molecule has 0 heterocycles. The van der Waals surface area contributed by atoms with Crippen molar-refractivity contribution in [1.82, 2.24) is 0 Å². The maximum absolute atomic E-state index is 10.2. The van der Waals surface area contributed by atoms with E-state index >= 15 is 0 Å². The Morgan fingerprint density at radius 3 is 1.96 bits per heavy atom. The van der Waals surface area contributed by atoms with Gasteiger partial charge in [-0.25, -0.2) is 0 Å². The molecule has 5 heteroatoms. The van der Waals surface area contributed by atoms with E-state index in [0.29, 0.717) is 17.1 Å². The number of hydrogen-bond donors (Lipinski definition) is 1. The summed E-state index contributed by atoms with van der Waals surface area (Å²) in [4.78, 5) is 0. The molecule has 134 valence electrons. The fourth-order valence-corrected chi connectivity index (χ4v) is 3.25. The van der Waals surface area contributed by atoms with Crippen LogP contribution in [0.4, 0.5) is 0 Å². The van der Waals surface area contributed by atoms with Gasteiger partial charge in [-0.2, -0.15) is 5.10 Å². The van der Waals surface area contributed by atoms with E-state index < -0.39 is 0 Å². The molecule has 3 aromatic carbocycles. The van der Waals surface area contributed by atoms with Crippen LogP contribution in [-0.4, -0.2) is 31.3 Å². The van der Waals surface area contributed by atoms with Crippen LogP contribution in [0.25, 0.3) is 11.1 Å². The van der Waals surface area contributed by atoms with E-state index in [1.54, 1.807) is 6.07 Å². The second kappa shape index (κ2) is 6.96. The van der Waals surface area contributed by atoms with Gasteiger partial charge in [-0.15, -0.1) is 5.10 Å². The first kappa shape index (κ1) is 16.8. The normalized spacial score (nSPS) is 12.0. The molecule has 1 N–H and O–H groups in total. The van der Waals surface area contributed by atoms with E-state index in [9.17, 15) is 5.11 Å². The number of aromatic hydroxyl groups is 1. The third-order valence-electron chi connectivity index (χ3n) is 4.55. The van der Waals surface area contributed by atoms with Crippen molar-refractivity contribution in [1.29, 1.82) is 0 Å². The first-order chi connectivity index (χ1) is 13.2. The summed E-state index contributed by atoms with van der Waals surface area (Å²) in [5.74, 6) is 0.983. The summed E-state index contributed by atoms with van der Waals surface area (Å²) in [6.45, 7) is 0. The number of phenolic OH excluding ortho intramolecular Hbond substituents is 1. The first-order valence-corrected chi connectivity index (χ1v) is 8.48. The minimum Gasteiger partial charge on any atom is -0.507 e. The third kappa shape index (κ3) is 2.93. The highest BCUT2D eigenvalue weighted by atomic mass is 16.5. The van der Waals surface area contributed by atoms with Gasteiger partial charge in [0.05, 0.1) is 26.0 Å². The molecule has 0 saturated carbocycles. The Hall–Kier alpha value is -3.60. The topological polar surface area (TPSA) is 63.4 Å². The Kier molecular flexibility index (Phi) is 4.34. The van der Waals surface area contributed by atoms with Crippen LogP contribution in [0.3, 0.4) is 0 Å². The average Bonchev–Trinajstić information content (AvgIpc) is 3.03. The monoisotopic (exact) mass is 358 g/mol. The molecule has 0 aromatic heterocycles. The predicted octanol–water partition coefficient (Wildman–Crippen LogP) is 4.26. The van der Waals surface area contributed by atoms with Crippen molar-refractivity contribution in [2.45, 2.75) is 0 Å². The van der Waals surface area contributed by atoms with Crippen LogP contribution in [0.15, 0.2) is 70.9 Å². The summed E-state index contributed by atoms with van der Waals surface area (Å²) in [5, 5.41) is 18.9. The SMILES string of the molecule is COc1cc(O)c(/C=N\N=C2c3ccccc3-c3ccccc32)c(OC)c1. The Morgan fingerprint density at radius 2 is 1.41 bits per heavy atom. The summed E-state index contributed by atoms with van der Waals surface area (Å²) >= 11 is 0. The molecular formula is C22H18N2O3. The van der Waals surface area contributed by atoms with Gasteiger partial charge in [0.2, 0.25) is 0 Å². The highest BCUT2D eigenvalue weighted by molar-refractivity contribution is 6.24. The quantitative estimate of drug-likeness (QED) is 0.438. The van der Waals surface area contributed by atoms with Crippen molar-refractivity contribution in [2.24, 2.45) is 10.2 Å². The van der Waals surface area contributed by atoms with Crippen molar-refractivity contribution in [3.05, 3.63) is 77.4 Å². The standard InChI is InChI=1S/C22H18N2O3/c1-26-14-11-20(25)19(21(12-14)27-2)13-23-24-22-17-9-5-3-7-15(17)16-8-4-6-10-18(16)22/h3-13,25H,1-2H3/b23-13-. The molecule has 0 saturated heterocycles. The molecule has 5 nitrogen and oxygen atoms in total. The van der Waals surface area contributed by atoms with Gasteiger partial charge in [0.15, 0.2) is 0 Å². The lowest BCUT2D eigenvalue weighted by atomic mass is 10.1. The van der Waals surface area contributed by atoms with Crippen LogP contribution >= 0.6 is 0 Å². The number of phenols is 1. The molecule has 1 aliphatic carbocycles. The van der Waals surface area contributed by atoms with Crippen LogP contribution in [0.5, 0.6) is 17.2 Å². The van der Waals surface area contributed by atoms with E-state index in [-0.39, 0.29) is 5.75 Å². The van der Waals surface area contributed by atoms with E-state index in [1.165, 1.54) is 26.5 Å². The Labute approximate surface area is 157 Å². The zero-order valence-corrected chi connectivity index (χ0v) is 15.0. The molecule has 0 aliphatic heterocycles. The summed E-state index contributed by atoms with van der Waals surface area (Å²) in [6.07, 6.45) is 1.49. The van der Waals surface area contributed by atoms with Gasteiger partial charge in [-0.1, -0.05) is 48.5 Å². The van der Waals surface area contributed by atoms with Crippen molar-refractivity contribution in [2.75, 3.05) is 14.2 Å². The molecule has 0 radical (unpaired) electrons. The van der Waals surface area contributed by atoms with Gasteiger partial charge >= 0.3 is 0 Å². The highest BCUT2D eigenvalue weighted by Gasteiger charge is 2.23. The van der Waals surface area contributed by atoms with Gasteiger partial charge in [0.25, 0.3) is 0 Å². The highest BCUT2D eigenvalue weighted by Crippen LogP contribution is 2.37. The third-order valence-corrected chi connectivity index (χ3v) is 4.55. The smallest absolute Gasteiger partial charge is 0.135 e.